The molecule has 1 atom stereocenters. The summed E-state index contributed by atoms with van der Waals surface area (Å²) in [6.07, 6.45) is 0.601. The number of ether oxygens (including phenoxy) is 1. The Morgan fingerprint density at radius 2 is 1.88 bits per heavy atom. The molecule has 0 fully saturated rings. The van der Waals surface area contributed by atoms with Gasteiger partial charge in [-0.15, -0.1) is 0 Å². The minimum absolute atomic E-state index is 0.0509. The van der Waals surface area contributed by atoms with Gasteiger partial charge in [-0.3, -0.25) is 0 Å². The maximum absolute atomic E-state index is 9.20. The summed E-state index contributed by atoms with van der Waals surface area (Å²) in [7, 11) is 0. The molecule has 0 aliphatic heterocycles. The number of hydrogen-bond acceptors (Lipinski definition) is 2. The first-order chi connectivity index (χ1) is 7.61. The van der Waals surface area contributed by atoms with Gasteiger partial charge in [-0.1, -0.05) is 37.6 Å². The second-order valence-electron chi connectivity index (χ2n) is 4.36. The van der Waals surface area contributed by atoms with Crippen LogP contribution in [0.2, 0.25) is 5.02 Å². The summed E-state index contributed by atoms with van der Waals surface area (Å²) in [5.41, 5.74) is 1.13. The van der Waals surface area contributed by atoms with Crippen molar-refractivity contribution in [2.24, 2.45) is 5.92 Å². The third kappa shape index (κ3) is 4.97. The fourth-order valence-corrected chi connectivity index (χ4v) is 1.51. The number of benzene rings is 1. The number of rotatable bonds is 6. The highest BCUT2D eigenvalue weighted by molar-refractivity contribution is 6.30. The van der Waals surface area contributed by atoms with Crippen molar-refractivity contribution in [1.29, 1.82) is 0 Å². The summed E-state index contributed by atoms with van der Waals surface area (Å²) >= 11 is 5.80. The smallest absolute Gasteiger partial charge is 0.0846 e. The van der Waals surface area contributed by atoms with E-state index >= 15 is 0 Å². The SMILES string of the molecule is CC(C)COC(CO)Cc1ccc(Cl)cc1. The van der Waals surface area contributed by atoms with E-state index in [4.69, 9.17) is 16.3 Å². The van der Waals surface area contributed by atoms with Crippen molar-refractivity contribution in [1.82, 2.24) is 0 Å². The molecular weight excluding hydrogens is 224 g/mol. The minimum Gasteiger partial charge on any atom is -0.394 e. The molecule has 1 unspecified atom stereocenters. The average molecular weight is 243 g/mol. The van der Waals surface area contributed by atoms with Gasteiger partial charge in [0.15, 0.2) is 0 Å². The summed E-state index contributed by atoms with van der Waals surface area (Å²) in [5.74, 6) is 0.485. The van der Waals surface area contributed by atoms with Crippen molar-refractivity contribution in [2.75, 3.05) is 13.2 Å². The van der Waals surface area contributed by atoms with Crippen LogP contribution in [-0.4, -0.2) is 24.4 Å². The molecule has 1 rings (SSSR count). The molecule has 1 N–H and O–H groups in total. The second-order valence-corrected chi connectivity index (χ2v) is 4.80. The molecule has 2 nitrogen and oxygen atoms in total. The van der Waals surface area contributed by atoms with Crippen LogP contribution in [0.25, 0.3) is 0 Å². The van der Waals surface area contributed by atoms with Crippen LogP contribution in [0.15, 0.2) is 24.3 Å². The van der Waals surface area contributed by atoms with Gasteiger partial charge >= 0.3 is 0 Å². The largest absolute Gasteiger partial charge is 0.394 e. The van der Waals surface area contributed by atoms with E-state index in [1.807, 2.05) is 24.3 Å². The van der Waals surface area contributed by atoms with Gasteiger partial charge in [0, 0.05) is 18.1 Å². The van der Waals surface area contributed by atoms with Crippen molar-refractivity contribution >= 4 is 11.6 Å². The van der Waals surface area contributed by atoms with Gasteiger partial charge in [-0.25, -0.2) is 0 Å². The Morgan fingerprint density at radius 3 is 2.38 bits per heavy atom. The number of aliphatic hydroxyl groups excluding tert-OH is 1. The molecule has 0 saturated carbocycles. The molecule has 0 aromatic heterocycles. The van der Waals surface area contributed by atoms with Gasteiger partial charge in [-0.2, -0.15) is 0 Å². The van der Waals surface area contributed by atoms with E-state index in [1.165, 1.54) is 0 Å². The van der Waals surface area contributed by atoms with Gasteiger partial charge in [0.05, 0.1) is 12.7 Å². The van der Waals surface area contributed by atoms with E-state index in [0.29, 0.717) is 12.5 Å². The highest BCUT2D eigenvalue weighted by atomic mass is 35.5. The monoisotopic (exact) mass is 242 g/mol. The lowest BCUT2D eigenvalue weighted by Gasteiger charge is -2.17. The molecule has 16 heavy (non-hydrogen) atoms. The molecule has 0 bridgehead atoms. The van der Waals surface area contributed by atoms with E-state index in [1.54, 1.807) is 0 Å². The summed E-state index contributed by atoms with van der Waals surface area (Å²) in [6.45, 7) is 4.92. The molecule has 0 radical (unpaired) electrons. The molecule has 1 aromatic rings. The van der Waals surface area contributed by atoms with E-state index in [0.717, 1.165) is 17.0 Å². The predicted molar refractivity (Wildman–Crippen MR) is 66.8 cm³/mol. The Morgan fingerprint density at radius 1 is 1.25 bits per heavy atom. The Balaban J connectivity index is 2.46. The third-order valence-corrected chi connectivity index (χ3v) is 2.50. The Bertz CT molecular complexity index is 295. The average Bonchev–Trinajstić information content (AvgIpc) is 2.26. The highest BCUT2D eigenvalue weighted by Crippen LogP contribution is 2.12. The zero-order valence-corrected chi connectivity index (χ0v) is 10.6. The van der Waals surface area contributed by atoms with Crippen LogP contribution in [0.4, 0.5) is 0 Å². The van der Waals surface area contributed by atoms with Crippen molar-refractivity contribution in [3.8, 4) is 0 Å². The standard InChI is InChI=1S/C13H19ClO2/c1-10(2)9-16-13(8-15)7-11-3-5-12(14)6-4-11/h3-6,10,13,15H,7-9H2,1-2H3. The quantitative estimate of drug-likeness (QED) is 0.831. The van der Waals surface area contributed by atoms with Crippen LogP contribution in [-0.2, 0) is 11.2 Å². The van der Waals surface area contributed by atoms with Gasteiger partial charge in [-0.05, 0) is 23.6 Å². The number of halogens is 1. The summed E-state index contributed by atoms with van der Waals surface area (Å²) in [6, 6.07) is 7.63. The van der Waals surface area contributed by atoms with Crippen LogP contribution in [0, 0.1) is 5.92 Å². The maximum Gasteiger partial charge on any atom is 0.0846 e. The molecule has 0 aliphatic rings. The topological polar surface area (TPSA) is 29.5 Å². The van der Waals surface area contributed by atoms with E-state index in [2.05, 4.69) is 13.8 Å². The molecule has 90 valence electrons. The van der Waals surface area contributed by atoms with Crippen molar-refractivity contribution in [2.45, 2.75) is 26.4 Å². The number of aliphatic hydroxyl groups is 1. The zero-order chi connectivity index (χ0) is 12.0. The first kappa shape index (κ1) is 13.5. The molecule has 0 spiro atoms. The van der Waals surface area contributed by atoms with Gasteiger partial charge in [0.1, 0.15) is 0 Å². The van der Waals surface area contributed by atoms with E-state index in [-0.39, 0.29) is 12.7 Å². The third-order valence-electron chi connectivity index (χ3n) is 2.25. The van der Waals surface area contributed by atoms with Gasteiger partial charge < -0.3 is 9.84 Å². The van der Waals surface area contributed by atoms with Gasteiger partial charge in [0.25, 0.3) is 0 Å². The molecule has 0 saturated heterocycles. The molecule has 0 amide bonds. The highest BCUT2D eigenvalue weighted by Gasteiger charge is 2.09. The molecular formula is C13H19ClO2. The van der Waals surface area contributed by atoms with Crippen LogP contribution in [0.3, 0.4) is 0 Å². The predicted octanol–water partition coefficient (Wildman–Crippen LogP) is 2.92. The Kier molecular flexibility index (Phi) is 5.81. The van der Waals surface area contributed by atoms with Crippen LogP contribution in [0.5, 0.6) is 0 Å². The fourth-order valence-electron chi connectivity index (χ4n) is 1.39. The van der Waals surface area contributed by atoms with Crippen LogP contribution < -0.4 is 0 Å². The summed E-state index contributed by atoms with van der Waals surface area (Å²) in [5, 5.41) is 9.93. The van der Waals surface area contributed by atoms with Crippen molar-refractivity contribution in [3.63, 3.8) is 0 Å². The molecule has 1 aromatic carbocycles. The van der Waals surface area contributed by atoms with E-state index < -0.39 is 0 Å². The van der Waals surface area contributed by atoms with Crippen LogP contribution >= 0.6 is 11.6 Å². The Hall–Kier alpha value is -0.570. The first-order valence-corrected chi connectivity index (χ1v) is 5.96. The normalized spacial score (nSPS) is 13.1. The minimum atomic E-state index is -0.122. The lowest BCUT2D eigenvalue weighted by Crippen LogP contribution is -2.22. The maximum atomic E-state index is 9.20. The molecule has 3 heteroatoms. The molecule has 0 aliphatic carbocycles. The van der Waals surface area contributed by atoms with E-state index in [9.17, 15) is 5.11 Å². The second kappa shape index (κ2) is 6.89. The lowest BCUT2D eigenvalue weighted by molar-refractivity contribution is 0.000899. The number of hydrogen-bond donors (Lipinski definition) is 1. The van der Waals surface area contributed by atoms with Crippen molar-refractivity contribution < 1.29 is 9.84 Å². The van der Waals surface area contributed by atoms with Gasteiger partial charge in [0.2, 0.25) is 0 Å². The zero-order valence-electron chi connectivity index (χ0n) is 9.82. The summed E-state index contributed by atoms with van der Waals surface area (Å²) in [4.78, 5) is 0. The lowest BCUT2D eigenvalue weighted by atomic mass is 10.1. The van der Waals surface area contributed by atoms with Crippen molar-refractivity contribution in [3.05, 3.63) is 34.9 Å². The fraction of sp³-hybridized carbons (Fsp3) is 0.538. The Labute approximate surface area is 102 Å². The summed E-state index contributed by atoms with van der Waals surface area (Å²) < 4.78 is 5.60. The molecule has 0 heterocycles. The van der Waals surface area contributed by atoms with Crippen LogP contribution in [0.1, 0.15) is 19.4 Å². The first-order valence-electron chi connectivity index (χ1n) is 5.58.